The second-order valence-corrected chi connectivity index (χ2v) is 4.58. The van der Waals surface area contributed by atoms with Crippen LogP contribution >= 0.6 is 0 Å². The molecule has 1 aliphatic heterocycles. The molecule has 0 saturated carbocycles. The largest absolute Gasteiger partial charge is 0.481 e. The van der Waals surface area contributed by atoms with Gasteiger partial charge in [-0.1, -0.05) is 0 Å². The molecule has 1 heterocycles. The maximum atomic E-state index is 12.1. The Morgan fingerprint density at radius 3 is 2.75 bits per heavy atom. The topological polar surface area (TPSA) is 69.6 Å². The van der Waals surface area contributed by atoms with Crippen molar-refractivity contribution in [1.29, 1.82) is 0 Å². The van der Waals surface area contributed by atoms with E-state index in [0.29, 0.717) is 6.42 Å². The maximum absolute atomic E-state index is 12.1. The Morgan fingerprint density at radius 1 is 1.62 bits per heavy atom. The zero-order chi connectivity index (χ0) is 12.3. The summed E-state index contributed by atoms with van der Waals surface area (Å²) in [4.78, 5) is 24.4. The average molecular weight is 228 g/mol. The Hall–Kier alpha value is -1.10. The fourth-order valence-corrected chi connectivity index (χ4v) is 2.15. The van der Waals surface area contributed by atoms with E-state index >= 15 is 0 Å². The number of carboxylic acids is 1. The molecule has 16 heavy (non-hydrogen) atoms. The lowest BCUT2D eigenvalue weighted by molar-refractivity contribution is -0.141. The number of nitrogens with zero attached hydrogens (tertiary/aromatic N) is 1. The molecular weight excluding hydrogens is 208 g/mol. The van der Waals surface area contributed by atoms with Crippen LogP contribution in [0.5, 0.6) is 0 Å². The number of carbonyl (C=O) groups is 2. The molecule has 1 fully saturated rings. The molecule has 0 aromatic rings. The summed E-state index contributed by atoms with van der Waals surface area (Å²) in [6.45, 7) is 6.69. The number of hydrogen-bond acceptors (Lipinski definition) is 3. The van der Waals surface area contributed by atoms with Crippen LogP contribution in [0.1, 0.15) is 33.6 Å². The monoisotopic (exact) mass is 228 g/mol. The highest BCUT2D eigenvalue weighted by Crippen LogP contribution is 2.15. The molecule has 92 valence electrons. The second-order valence-electron chi connectivity index (χ2n) is 4.58. The summed E-state index contributed by atoms with van der Waals surface area (Å²) >= 11 is 0. The standard InChI is InChI=1S/C11H20N2O3/c1-7(2)13-8(3)6-12-9(11(13)16)4-5-10(14)15/h7-9,12H,4-6H2,1-3H3,(H,14,15). The lowest BCUT2D eigenvalue weighted by atomic mass is 10.0. The first-order valence-corrected chi connectivity index (χ1v) is 5.70. The summed E-state index contributed by atoms with van der Waals surface area (Å²) in [5.41, 5.74) is 0. The first kappa shape index (κ1) is 13.0. The van der Waals surface area contributed by atoms with Gasteiger partial charge in [-0.2, -0.15) is 0 Å². The van der Waals surface area contributed by atoms with Gasteiger partial charge in [-0.15, -0.1) is 0 Å². The van der Waals surface area contributed by atoms with Crippen LogP contribution in [0.4, 0.5) is 0 Å². The van der Waals surface area contributed by atoms with Crippen LogP contribution in [0.3, 0.4) is 0 Å². The van der Waals surface area contributed by atoms with E-state index in [1.54, 1.807) is 0 Å². The van der Waals surface area contributed by atoms with E-state index in [2.05, 4.69) is 5.32 Å². The molecule has 1 aliphatic rings. The Balaban J connectivity index is 2.61. The van der Waals surface area contributed by atoms with Gasteiger partial charge in [-0.25, -0.2) is 0 Å². The molecule has 0 aromatic heterocycles. The smallest absolute Gasteiger partial charge is 0.303 e. The minimum Gasteiger partial charge on any atom is -0.481 e. The molecule has 2 unspecified atom stereocenters. The number of amides is 1. The summed E-state index contributed by atoms with van der Waals surface area (Å²) < 4.78 is 0. The van der Waals surface area contributed by atoms with E-state index in [-0.39, 0.29) is 30.5 Å². The van der Waals surface area contributed by atoms with E-state index < -0.39 is 5.97 Å². The second kappa shape index (κ2) is 5.30. The summed E-state index contributed by atoms with van der Waals surface area (Å²) in [6.07, 6.45) is 0.397. The van der Waals surface area contributed by atoms with Crippen LogP contribution in [0.15, 0.2) is 0 Å². The van der Waals surface area contributed by atoms with Crippen LogP contribution in [0.25, 0.3) is 0 Å². The van der Waals surface area contributed by atoms with Crippen molar-refractivity contribution in [2.45, 2.75) is 51.7 Å². The highest BCUT2D eigenvalue weighted by atomic mass is 16.4. The fourth-order valence-electron chi connectivity index (χ4n) is 2.15. The molecule has 0 aromatic carbocycles. The van der Waals surface area contributed by atoms with Crippen molar-refractivity contribution in [2.75, 3.05) is 6.54 Å². The van der Waals surface area contributed by atoms with E-state index in [9.17, 15) is 9.59 Å². The third-order valence-corrected chi connectivity index (χ3v) is 2.89. The van der Waals surface area contributed by atoms with Gasteiger partial charge in [0.1, 0.15) is 0 Å². The predicted octanol–water partition coefficient (Wildman–Crippen LogP) is 0.449. The third-order valence-electron chi connectivity index (χ3n) is 2.89. The van der Waals surface area contributed by atoms with E-state index in [1.165, 1.54) is 0 Å². The number of aliphatic carboxylic acids is 1. The Bertz CT molecular complexity index is 278. The SMILES string of the molecule is CC(C)N1C(=O)C(CCC(=O)O)NCC1C. The number of hydrogen-bond donors (Lipinski definition) is 2. The predicted molar refractivity (Wildman–Crippen MR) is 60.1 cm³/mol. The Kier molecular flexibility index (Phi) is 4.29. The lowest BCUT2D eigenvalue weighted by Crippen LogP contribution is -2.61. The molecule has 0 bridgehead atoms. The van der Waals surface area contributed by atoms with Crippen LogP contribution in [-0.2, 0) is 9.59 Å². The van der Waals surface area contributed by atoms with Crippen molar-refractivity contribution >= 4 is 11.9 Å². The highest BCUT2D eigenvalue weighted by Gasteiger charge is 2.34. The summed E-state index contributed by atoms with van der Waals surface area (Å²) in [5, 5.41) is 11.7. The minimum absolute atomic E-state index is 0.0231. The number of nitrogens with one attached hydrogen (secondary N) is 1. The molecule has 0 spiro atoms. The van der Waals surface area contributed by atoms with Crippen molar-refractivity contribution in [3.8, 4) is 0 Å². The molecule has 1 saturated heterocycles. The van der Waals surface area contributed by atoms with Gasteiger partial charge in [-0.05, 0) is 27.2 Å². The molecule has 0 aliphatic carbocycles. The Morgan fingerprint density at radius 2 is 2.25 bits per heavy atom. The van der Waals surface area contributed by atoms with Crippen LogP contribution in [0, 0.1) is 0 Å². The lowest BCUT2D eigenvalue weighted by Gasteiger charge is -2.40. The first-order chi connectivity index (χ1) is 7.43. The molecule has 5 heteroatoms. The van der Waals surface area contributed by atoms with Gasteiger partial charge >= 0.3 is 5.97 Å². The van der Waals surface area contributed by atoms with Crippen molar-refractivity contribution < 1.29 is 14.7 Å². The molecule has 1 rings (SSSR count). The zero-order valence-corrected chi connectivity index (χ0v) is 10.1. The van der Waals surface area contributed by atoms with Gasteiger partial charge in [0.2, 0.25) is 5.91 Å². The fraction of sp³-hybridized carbons (Fsp3) is 0.818. The summed E-state index contributed by atoms with van der Waals surface area (Å²) in [6, 6.07) is 0.000191. The number of rotatable bonds is 4. The zero-order valence-electron chi connectivity index (χ0n) is 10.1. The molecule has 2 atom stereocenters. The third kappa shape index (κ3) is 2.95. The molecule has 1 amide bonds. The number of carboxylic acid groups (broad SMARTS) is 1. The average Bonchev–Trinajstić information content (AvgIpc) is 2.15. The Labute approximate surface area is 95.8 Å². The normalized spacial score (nSPS) is 26.2. The van der Waals surface area contributed by atoms with Crippen LogP contribution in [0.2, 0.25) is 0 Å². The van der Waals surface area contributed by atoms with Gasteiger partial charge < -0.3 is 15.3 Å². The quantitative estimate of drug-likeness (QED) is 0.733. The van der Waals surface area contributed by atoms with Crippen molar-refractivity contribution in [1.82, 2.24) is 10.2 Å². The van der Waals surface area contributed by atoms with Crippen LogP contribution in [-0.4, -0.2) is 46.6 Å². The maximum Gasteiger partial charge on any atom is 0.303 e. The molecule has 2 N–H and O–H groups in total. The van der Waals surface area contributed by atoms with E-state index in [0.717, 1.165) is 6.54 Å². The van der Waals surface area contributed by atoms with Gasteiger partial charge in [-0.3, -0.25) is 9.59 Å². The minimum atomic E-state index is -0.857. The molecular formula is C11H20N2O3. The number of piperazine rings is 1. The van der Waals surface area contributed by atoms with Gasteiger partial charge in [0, 0.05) is 25.0 Å². The van der Waals surface area contributed by atoms with Gasteiger partial charge in [0.25, 0.3) is 0 Å². The summed E-state index contributed by atoms with van der Waals surface area (Å²) in [7, 11) is 0. The van der Waals surface area contributed by atoms with Crippen molar-refractivity contribution in [2.24, 2.45) is 0 Å². The first-order valence-electron chi connectivity index (χ1n) is 5.70. The van der Waals surface area contributed by atoms with E-state index in [4.69, 9.17) is 5.11 Å². The highest BCUT2D eigenvalue weighted by molar-refractivity contribution is 5.83. The van der Waals surface area contributed by atoms with Crippen LogP contribution < -0.4 is 5.32 Å². The molecule has 5 nitrogen and oxygen atoms in total. The number of carbonyl (C=O) groups excluding carboxylic acids is 1. The van der Waals surface area contributed by atoms with E-state index in [1.807, 2.05) is 25.7 Å². The van der Waals surface area contributed by atoms with Gasteiger partial charge in [0.15, 0.2) is 0 Å². The van der Waals surface area contributed by atoms with Crippen molar-refractivity contribution in [3.05, 3.63) is 0 Å². The van der Waals surface area contributed by atoms with Crippen molar-refractivity contribution in [3.63, 3.8) is 0 Å². The molecule has 0 radical (unpaired) electrons. The van der Waals surface area contributed by atoms with Gasteiger partial charge in [0.05, 0.1) is 6.04 Å². The summed E-state index contributed by atoms with van der Waals surface area (Å²) in [5.74, 6) is -0.834.